The third kappa shape index (κ3) is 4.97. The summed E-state index contributed by atoms with van der Waals surface area (Å²) in [6, 6.07) is 5.55. The molecule has 0 unspecified atom stereocenters. The molecule has 1 N–H and O–H groups in total. The third-order valence-corrected chi connectivity index (χ3v) is 4.71. The maximum Gasteiger partial charge on any atom is 0.281 e. The molecule has 0 aliphatic heterocycles. The van der Waals surface area contributed by atoms with Gasteiger partial charge in [0.25, 0.3) is 11.2 Å². The molecule has 1 heterocycles. The van der Waals surface area contributed by atoms with Gasteiger partial charge >= 0.3 is 0 Å². The van der Waals surface area contributed by atoms with Gasteiger partial charge in [0.05, 0.1) is 9.95 Å². The Balaban J connectivity index is 2.47. The van der Waals surface area contributed by atoms with Crippen LogP contribution in [0, 0.1) is 28.4 Å². The minimum atomic E-state index is -0.590. The molecule has 0 saturated heterocycles. The highest BCUT2D eigenvalue weighted by molar-refractivity contribution is 6.33. The smallest absolute Gasteiger partial charge is 0.281 e. The second kappa shape index (κ2) is 9.80. The fraction of sp³-hybridized carbons (Fsp3) is 0.368. The highest BCUT2D eigenvalue weighted by Gasteiger charge is 2.19. The van der Waals surface area contributed by atoms with E-state index < -0.39 is 10.5 Å². The second-order valence-corrected chi connectivity index (χ2v) is 6.80. The molecule has 0 aliphatic rings. The van der Waals surface area contributed by atoms with Crippen molar-refractivity contribution in [3.05, 3.63) is 54.8 Å². The van der Waals surface area contributed by atoms with Gasteiger partial charge in [-0.05, 0) is 19.4 Å². The Morgan fingerprint density at radius 3 is 2.62 bits per heavy atom. The van der Waals surface area contributed by atoms with Gasteiger partial charge in [0, 0.05) is 24.2 Å². The number of nitrogens with zero attached hydrogens (tertiary/aromatic N) is 5. The SMILES string of the molecule is CCCCCCn1c(O)c(C#N)c(C)c(N=Nc2ccc([N+](=O)[O-])cc2Cl)c1=O. The molecule has 1 aromatic carbocycles. The predicted octanol–water partition coefficient (Wildman–Crippen LogP) is 5.29. The lowest BCUT2D eigenvalue weighted by Gasteiger charge is -2.12. The largest absolute Gasteiger partial charge is 0.493 e. The number of aromatic nitrogens is 1. The number of nitro groups is 1. The van der Waals surface area contributed by atoms with Gasteiger partial charge in [0.15, 0.2) is 5.69 Å². The fourth-order valence-corrected chi connectivity index (χ4v) is 2.97. The molecule has 10 heteroatoms. The lowest BCUT2D eigenvalue weighted by molar-refractivity contribution is -0.384. The van der Waals surface area contributed by atoms with Gasteiger partial charge in [0.2, 0.25) is 5.88 Å². The highest BCUT2D eigenvalue weighted by Crippen LogP contribution is 2.31. The van der Waals surface area contributed by atoms with Gasteiger partial charge in [-0.1, -0.05) is 37.8 Å². The molecule has 0 saturated carbocycles. The number of azo groups is 1. The van der Waals surface area contributed by atoms with Crippen molar-refractivity contribution in [2.24, 2.45) is 10.2 Å². The van der Waals surface area contributed by atoms with Gasteiger partial charge in [-0.25, -0.2) is 0 Å². The van der Waals surface area contributed by atoms with E-state index in [1.807, 2.05) is 6.07 Å². The Labute approximate surface area is 172 Å². The molecule has 0 atom stereocenters. The molecule has 2 rings (SSSR count). The third-order valence-electron chi connectivity index (χ3n) is 4.40. The molecule has 0 radical (unpaired) electrons. The van der Waals surface area contributed by atoms with Crippen molar-refractivity contribution in [1.82, 2.24) is 4.57 Å². The Kier molecular flexibility index (Phi) is 7.45. The summed E-state index contributed by atoms with van der Waals surface area (Å²) in [4.78, 5) is 23.0. The number of rotatable bonds is 8. The van der Waals surface area contributed by atoms with Crippen LogP contribution in [0.3, 0.4) is 0 Å². The Morgan fingerprint density at radius 1 is 1.31 bits per heavy atom. The van der Waals surface area contributed by atoms with Gasteiger partial charge < -0.3 is 5.11 Å². The zero-order chi connectivity index (χ0) is 21.6. The van der Waals surface area contributed by atoms with Gasteiger partial charge in [-0.2, -0.15) is 5.26 Å². The van der Waals surface area contributed by atoms with Crippen LogP contribution in [-0.2, 0) is 6.54 Å². The summed E-state index contributed by atoms with van der Waals surface area (Å²) in [7, 11) is 0. The molecule has 0 bridgehead atoms. The van der Waals surface area contributed by atoms with Crippen molar-refractivity contribution >= 4 is 28.7 Å². The van der Waals surface area contributed by atoms with Crippen LogP contribution in [0.4, 0.5) is 17.1 Å². The molecular formula is C19H20ClN5O4. The molecule has 0 aliphatic carbocycles. The van der Waals surface area contributed by atoms with Crippen LogP contribution in [-0.4, -0.2) is 14.6 Å². The molecule has 1 aromatic heterocycles. The van der Waals surface area contributed by atoms with Crippen LogP contribution >= 0.6 is 11.6 Å². The quantitative estimate of drug-likeness (QED) is 0.269. The first-order chi connectivity index (χ1) is 13.8. The lowest BCUT2D eigenvalue weighted by atomic mass is 10.1. The van der Waals surface area contributed by atoms with E-state index in [1.165, 1.54) is 19.1 Å². The van der Waals surface area contributed by atoms with Crippen molar-refractivity contribution in [2.45, 2.75) is 46.1 Å². The van der Waals surface area contributed by atoms with E-state index in [0.717, 1.165) is 29.9 Å². The average Bonchev–Trinajstić information content (AvgIpc) is 2.68. The lowest BCUT2D eigenvalue weighted by Crippen LogP contribution is -2.22. The summed E-state index contributed by atoms with van der Waals surface area (Å²) in [5, 5.41) is 38.4. The van der Waals surface area contributed by atoms with E-state index in [-0.39, 0.29) is 45.6 Å². The molecular weight excluding hydrogens is 398 g/mol. The number of unbranched alkanes of at least 4 members (excludes halogenated alkanes) is 3. The number of halogens is 1. The number of pyridine rings is 1. The van der Waals surface area contributed by atoms with Crippen LogP contribution in [0.1, 0.15) is 43.7 Å². The zero-order valence-electron chi connectivity index (χ0n) is 16.1. The summed E-state index contributed by atoms with van der Waals surface area (Å²) in [6.07, 6.45) is 3.57. The number of benzene rings is 1. The summed E-state index contributed by atoms with van der Waals surface area (Å²) in [6.45, 7) is 3.80. The summed E-state index contributed by atoms with van der Waals surface area (Å²) in [5.41, 5.74) is -0.583. The number of non-ortho nitro benzene ring substituents is 1. The first kappa shape index (κ1) is 22.0. The van der Waals surface area contributed by atoms with Crippen molar-refractivity contribution in [3.8, 4) is 11.9 Å². The summed E-state index contributed by atoms with van der Waals surface area (Å²) in [5.74, 6) is -0.390. The highest BCUT2D eigenvalue weighted by atomic mass is 35.5. The number of aromatic hydroxyl groups is 1. The molecule has 29 heavy (non-hydrogen) atoms. The topological polar surface area (TPSA) is 134 Å². The fourth-order valence-electron chi connectivity index (χ4n) is 2.76. The standard InChI is InChI=1S/C19H20ClN5O4/c1-3-4-5-6-9-24-18(26)14(11-21)12(2)17(19(24)27)23-22-16-8-7-13(25(28)29)10-15(16)20/h7-8,10,26H,3-6,9H2,1-2H3. The molecule has 0 spiro atoms. The van der Waals surface area contributed by atoms with Crippen molar-refractivity contribution in [1.29, 1.82) is 5.26 Å². The van der Waals surface area contributed by atoms with Crippen LogP contribution in [0.15, 0.2) is 33.2 Å². The first-order valence-corrected chi connectivity index (χ1v) is 9.41. The first-order valence-electron chi connectivity index (χ1n) is 9.03. The van der Waals surface area contributed by atoms with Gasteiger partial charge in [-0.15, -0.1) is 10.2 Å². The van der Waals surface area contributed by atoms with E-state index in [2.05, 4.69) is 17.2 Å². The predicted molar refractivity (Wildman–Crippen MR) is 108 cm³/mol. The van der Waals surface area contributed by atoms with Crippen LogP contribution in [0.2, 0.25) is 5.02 Å². The van der Waals surface area contributed by atoms with Gasteiger partial charge in [-0.3, -0.25) is 19.5 Å². The molecule has 0 amide bonds. The van der Waals surface area contributed by atoms with E-state index in [4.69, 9.17) is 11.6 Å². The Bertz CT molecular complexity index is 1060. The molecule has 9 nitrogen and oxygen atoms in total. The monoisotopic (exact) mass is 417 g/mol. The van der Waals surface area contributed by atoms with Crippen LogP contribution in [0.25, 0.3) is 0 Å². The number of hydrogen-bond donors (Lipinski definition) is 1. The van der Waals surface area contributed by atoms with Gasteiger partial charge in [0.1, 0.15) is 17.3 Å². The minimum Gasteiger partial charge on any atom is -0.493 e. The molecule has 152 valence electrons. The van der Waals surface area contributed by atoms with Crippen molar-refractivity contribution < 1.29 is 10.0 Å². The maximum absolute atomic E-state index is 12.8. The second-order valence-electron chi connectivity index (χ2n) is 6.39. The zero-order valence-corrected chi connectivity index (χ0v) is 16.8. The molecule has 0 fully saturated rings. The Hall–Kier alpha value is -3.25. The molecule has 2 aromatic rings. The van der Waals surface area contributed by atoms with E-state index in [1.54, 1.807) is 0 Å². The number of nitro benzene ring substituents is 1. The summed E-state index contributed by atoms with van der Waals surface area (Å²) < 4.78 is 1.12. The minimum absolute atomic E-state index is 0.000204. The normalized spacial score (nSPS) is 11.0. The van der Waals surface area contributed by atoms with E-state index in [9.17, 15) is 25.3 Å². The number of nitriles is 1. The maximum atomic E-state index is 12.8. The van der Waals surface area contributed by atoms with Crippen LogP contribution in [0.5, 0.6) is 5.88 Å². The van der Waals surface area contributed by atoms with E-state index >= 15 is 0 Å². The van der Waals surface area contributed by atoms with Crippen molar-refractivity contribution in [3.63, 3.8) is 0 Å². The summed E-state index contributed by atoms with van der Waals surface area (Å²) >= 11 is 6.00. The Morgan fingerprint density at radius 2 is 2.03 bits per heavy atom. The number of hydrogen-bond acceptors (Lipinski definition) is 7. The van der Waals surface area contributed by atoms with Crippen LogP contribution < -0.4 is 5.56 Å². The van der Waals surface area contributed by atoms with E-state index in [0.29, 0.717) is 6.42 Å². The average molecular weight is 418 g/mol. The van der Waals surface area contributed by atoms with Crippen molar-refractivity contribution in [2.75, 3.05) is 0 Å².